The fourth-order valence-electron chi connectivity index (χ4n) is 5.59. The Hall–Kier alpha value is -1.56. The maximum atomic E-state index is 2.57. The van der Waals surface area contributed by atoms with Crippen molar-refractivity contribution in [3.05, 3.63) is 68.8 Å². The predicted molar refractivity (Wildman–Crippen MR) is 150 cm³/mol. The van der Waals surface area contributed by atoms with E-state index in [1.54, 1.807) is 33.4 Å². The van der Waals surface area contributed by atoms with Crippen LogP contribution in [0, 0.1) is 0 Å². The number of hydrogen-bond donors (Lipinski definition) is 0. The van der Waals surface area contributed by atoms with Gasteiger partial charge in [0, 0.05) is 5.92 Å². The molecule has 0 fully saturated rings. The van der Waals surface area contributed by atoms with E-state index in [-0.39, 0.29) is 0 Å². The van der Waals surface area contributed by atoms with Gasteiger partial charge in [-0.3, -0.25) is 0 Å². The monoisotopic (exact) mass is 448 g/mol. The van der Waals surface area contributed by atoms with Crippen molar-refractivity contribution in [2.75, 3.05) is 0 Å². The summed E-state index contributed by atoms with van der Waals surface area (Å²) in [6.07, 6.45) is 1.14. The molecule has 2 rings (SSSR count). The molecule has 0 aliphatic rings. The summed E-state index contributed by atoms with van der Waals surface area (Å²) in [5, 5.41) is 0. The Morgan fingerprint density at radius 1 is 0.424 bits per heavy atom. The first kappa shape index (κ1) is 27.7. The highest BCUT2D eigenvalue weighted by atomic mass is 14.3. The zero-order valence-electron chi connectivity index (χ0n) is 24.1. The minimum absolute atomic E-state index is 0.437. The summed E-state index contributed by atoms with van der Waals surface area (Å²) in [6, 6.07) is 10.2. The van der Waals surface area contributed by atoms with Crippen molar-refractivity contribution in [1.82, 2.24) is 0 Å². The zero-order chi connectivity index (χ0) is 25.2. The molecule has 0 saturated carbocycles. The zero-order valence-corrected chi connectivity index (χ0v) is 24.1. The van der Waals surface area contributed by atoms with Crippen LogP contribution in [0.25, 0.3) is 0 Å². The van der Waals surface area contributed by atoms with Crippen LogP contribution < -0.4 is 0 Å². The summed E-state index contributed by atoms with van der Waals surface area (Å²) in [4.78, 5) is 0. The van der Waals surface area contributed by atoms with Gasteiger partial charge >= 0.3 is 0 Å². The van der Waals surface area contributed by atoms with E-state index < -0.39 is 0 Å². The molecule has 0 bridgehead atoms. The van der Waals surface area contributed by atoms with Gasteiger partial charge in [0.2, 0.25) is 0 Å². The molecule has 0 heterocycles. The number of benzene rings is 2. The van der Waals surface area contributed by atoms with Crippen molar-refractivity contribution in [2.24, 2.45) is 0 Å². The Bertz CT molecular complexity index is 846. The molecule has 2 aromatic rings. The second kappa shape index (κ2) is 11.2. The van der Waals surface area contributed by atoms with Crippen molar-refractivity contribution in [1.29, 1.82) is 0 Å². The van der Waals surface area contributed by atoms with Gasteiger partial charge < -0.3 is 0 Å². The Balaban J connectivity index is 3.01. The second-order valence-corrected chi connectivity index (χ2v) is 12.1. The molecule has 0 atom stereocenters. The maximum absolute atomic E-state index is 2.57. The van der Waals surface area contributed by atoms with E-state index in [1.165, 1.54) is 11.1 Å². The average molecular weight is 449 g/mol. The van der Waals surface area contributed by atoms with E-state index in [0.717, 1.165) is 6.42 Å². The van der Waals surface area contributed by atoms with E-state index >= 15 is 0 Å². The van der Waals surface area contributed by atoms with Crippen molar-refractivity contribution >= 4 is 0 Å². The van der Waals surface area contributed by atoms with E-state index in [0.29, 0.717) is 41.4 Å². The molecule has 0 radical (unpaired) electrons. The van der Waals surface area contributed by atoms with E-state index in [4.69, 9.17) is 0 Å². The Labute approximate surface area is 206 Å². The van der Waals surface area contributed by atoms with Gasteiger partial charge in [0.05, 0.1) is 0 Å². The van der Waals surface area contributed by atoms with Gasteiger partial charge in [-0.05, 0) is 86.4 Å². The topological polar surface area (TPSA) is 0 Å². The van der Waals surface area contributed by atoms with Gasteiger partial charge in [-0.2, -0.15) is 0 Å². The van der Waals surface area contributed by atoms with Crippen LogP contribution in [0.15, 0.2) is 24.3 Å². The lowest BCUT2D eigenvalue weighted by molar-refractivity contribution is 0.687. The molecule has 0 spiro atoms. The first-order valence-corrected chi connectivity index (χ1v) is 13.7. The molecule has 0 saturated heterocycles. The van der Waals surface area contributed by atoms with Gasteiger partial charge in [0.25, 0.3) is 0 Å². The molecule has 0 aliphatic carbocycles. The Morgan fingerprint density at radius 3 is 0.939 bits per heavy atom. The summed E-state index contributed by atoms with van der Waals surface area (Å²) in [5.74, 6) is 3.63. The fourth-order valence-corrected chi connectivity index (χ4v) is 5.59. The van der Waals surface area contributed by atoms with Crippen LogP contribution in [0.1, 0.15) is 182 Å². The molecule has 0 amide bonds. The number of rotatable bonds is 9. The van der Waals surface area contributed by atoms with E-state index in [9.17, 15) is 0 Å². The molecular weight excluding hydrogens is 396 g/mol. The van der Waals surface area contributed by atoms with Crippen molar-refractivity contribution < 1.29 is 0 Å². The normalized spacial score (nSPS) is 12.6. The van der Waals surface area contributed by atoms with Gasteiger partial charge in [-0.15, -0.1) is 0 Å². The maximum Gasteiger partial charge on any atom is 0.00927 e. The SMILES string of the molecule is CCC(c1cc(C(C)C)cc(C(C)C)c1C(C)C)c1cc(C(C)C)cc(C(C)C)c1C(C)C. The number of hydrogen-bond acceptors (Lipinski definition) is 0. The van der Waals surface area contributed by atoms with Crippen LogP contribution in [0.2, 0.25) is 0 Å². The highest BCUT2D eigenvalue weighted by Crippen LogP contribution is 2.44. The molecule has 2 aromatic carbocycles. The molecule has 0 N–H and O–H groups in total. The highest BCUT2D eigenvalue weighted by molar-refractivity contribution is 5.53. The standard InChI is InChI=1S/C33H52/c1-14-27(30-17-25(19(2)3)15-28(21(6)7)32(30)23(10)11)31-18-26(20(4)5)16-29(22(8)9)33(31)24(12)13/h15-24,27H,14H2,1-13H3. The van der Waals surface area contributed by atoms with Crippen LogP contribution in [-0.2, 0) is 0 Å². The van der Waals surface area contributed by atoms with Crippen LogP contribution >= 0.6 is 0 Å². The largest absolute Gasteiger partial charge is 0.0645 e. The summed E-state index contributed by atoms with van der Waals surface area (Å²) in [5.41, 5.74) is 12.5. The highest BCUT2D eigenvalue weighted by Gasteiger charge is 2.27. The van der Waals surface area contributed by atoms with Gasteiger partial charge in [-0.25, -0.2) is 0 Å². The lowest BCUT2D eigenvalue weighted by Gasteiger charge is -2.32. The van der Waals surface area contributed by atoms with Crippen LogP contribution in [0.4, 0.5) is 0 Å². The quantitative estimate of drug-likeness (QED) is 0.358. The third-order valence-electron chi connectivity index (χ3n) is 7.42. The van der Waals surface area contributed by atoms with Gasteiger partial charge in [-0.1, -0.05) is 114 Å². The fraction of sp³-hybridized carbons (Fsp3) is 0.636. The van der Waals surface area contributed by atoms with Gasteiger partial charge in [0.15, 0.2) is 0 Å². The summed E-state index contributed by atoms with van der Waals surface area (Å²) < 4.78 is 0. The molecule has 0 unspecified atom stereocenters. The molecule has 0 aliphatic heterocycles. The summed E-state index contributed by atoms with van der Waals surface area (Å²) in [7, 11) is 0. The minimum atomic E-state index is 0.437. The van der Waals surface area contributed by atoms with Crippen LogP contribution in [0.5, 0.6) is 0 Å². The third-order valence-corrected chi connectivity index (χ3v) is 7.42. The summed E-state index contributed by atoms with van der Waals surface area (Å²) in [6.45, 7) is 30.8. The lowest BCUT2D eigenvalue weighted by Crippen LogP contribution is -2.15. The first-order valence-electron chi connectivity index (χ1n) is 13.7. The Kier molecular flexibility index (Phi) is 9.43. The minimum Gasteiger partial charge on any atom is -0.0645 e. The van der Waals surface area contributed by atoms with Crippen molar-refractivity contribution in [3.63, 3.8) is 0 Å². The smallest absolute Gasteiger partial charge is 0.00927 e. The van der Waals surface area contributed by atoms with Gasteiger partial charge in [0.1, 0.15) is 0 Å². The molecule has 0 aromatic heterocycles. The molecule has 0 nitrogen and oxygen atoms in total. The van der Waals surface area contributed by atoms with Crippen molar-refractivity contribution in [2.45, 2.75) is 138 Å². The third kappa shape index (κ3) is 5.93. The molecule has 33 heavy (non-hydrogen) atoms. The van der Waals surface area contributed by atoms with Crippen LogP contribution in [0.3, 0.4) is 0 Å². The first-order chi connectivity index (χ1) is 15.3. The van der Waals surface area contributed by atoms with Crippen LogP contribution in [-0.4, -0.2) is 0 Å². The summed E-state index contributed by atoms with van der Waals surface area (Å²) >= 11 is 0. The molecule has 0 heteroatoms. The average Bonchev–Trinajstić information content (AvgIpc) is 2.72. The molecular formula is C33H52. The molecule has 184 valence electrons. The Morgan fingerprint density at radius 2 is 0.727 bits per heavy atom. The van der Waals surface area contributed by atoms with E-state index in [2.05, 4.69) is 114 Å². The lowest BCUT2D eigenvalue weighted by atomic mass is 9.73. The predicted octanol–water partition coefficient (Wildman–Crippen LogP) is 11.0. The van der Waals surface area contributed by atoms with Crippen molar-refractivity contribution in [3.8, 4) is 0 Å². The second-order valence-electron chi connectivity index (χ2n) is 12.1. The van der Waals surface area contributed by atoms with E-state index in [1.807, 2.05) is 0 Å².